The second-order valence-corrected chi connectivity index (χ2v) is 6.34. The molecule has 0 aliphatic heterocycles. The number of aromatic nitrogens is 2. The fraction of sp³-hybridized carbons (Fsp3) is 0.158. The van der Waals surface area contributed by atoms with Gasteiger partial charge in [0, 0.05) is 16.1 Å². The van der Waals surface area contributed by atoms with E-state index >= 15 is 0 Å². The molecule has 0 unspecified atom stereocenters. The second-order valence-electron chi connectivity index (χ2n) is 5.90. The largest absolute Gasteiger partial charge is 0.310 e. The van der Waals surface area contributed by atoms with Gasteiger partial charge in [0.1, 0.15) is 5.82 Å². The van der Waals surface area contributed by atoms with Gasteiger partial charge in [0.15, 0.2) is 11.6 Å². The average Bonchev–Trinajstić information content (AvgIpc) is 2.92. The highest BCUT2D eigenvalue weighted by Gasteiger charge is 2.15. The first-order valence-corrected chi connectivity index (χ1v) is 8.31. The number of halogens is 3. The molecule has 26 heavy (non-hydrogen) atoms. The van der Waals surface area contributed by atoms with Crippen molar-refractivity contribution < 1.29 is 13.6 Å². The molecule has 3 aromatic rings. The molecule has 1 N–H and O–H groups in total. The van der Waals surface area contributed by atoms with Crippen LogP contribution in [0.25, 0.3) is 0 Å². The molecule has 1 aromatic heterocycles. The first-order valence-electron chi connectivity index (χ1n) is 7.93. The smallest absolute Gasteiger partial charge is 0.230 e. The lowest BCUT2D eigenvalue weighted by Crippen LogP contribution is -2.19. The minimum atomic E-state index is -1.01. The third-order valence-electron chi connectivity index (χ3n) is 3.88. The van der Waals surface area contributed by atoms with Crippen LogP contribution in [0.3, 0.4) is 0 Å². The standard InChI is InChI=1S/C19H16ClF2N3O/c1-12-10-23-25(11-13-4-2-6-15(20)8-13)19(12)24-17(26)9-14-5-3-7-16(21)18(14)22/h2-8,10H,9,11H2,1H3,(H,24,26). The van der Waals surface area contributed by atoms with E-state index in [9.17, 15) is 13.6 Å². The number of anilines is 1. The van der Waals surface area contributed by atoms with Crippen molar-refractivity contribution in [1.82, 2.24) is 9.78 Å². The van der Waals surface area contributed by atoms with Crippen LogP contribution in [-0.4, -0.2) is 15.7 Å². The van der Waals surface area contributed by atoms with Crippen LogP contribution in [0, 0.1) is 18.6 Å². The summed E-state index contributed by atoms with van der Waals surface area (Å²) in [7, 11) is 0. The highest BCUT2D eigenvalue weighted by molar-refractivity contribution is 6.30. The van der Waals surface area contributed by atoms with E-state index in [1.165, 1.54) is 12.1 Å². The van der Waals surface area contributed by atoms with Gasteiger partial charge in [0.05, 0.1) is 19.2 Å². The Kier molecular flexibility index (Phi) is 5.32. The SMILES string of the molecule is Cc1cnn(Cc2cccc(Cl)c2)c1NC(=O)Cc1cccc(F)c1F. The van der Waals surface area contributed by atoms with Crippen molar-refractivity contribution in [3.8, 4) is 0 Å². The summed E-state index contributed by atoms with van der Waals surface area (Å²) in [6.07, 6.45) is 1.36. The number of nitrogens with zero attached hydrogens (tertiary/aromatic N) is 2. The van der Waals surface area contributed by atoms with Gasteiger partial charge >= 0.3 is 0 Å². The Morgan fingerprint density at radius 2 is 2.00 bits per heavy atom. The van der Waals surface area contributed by atoms with Crippen LogP contribution in [0.15, 0.2) is 48.7 Å². The van der Waals surface area contributed by atoms with Crippen LogP contribution in [0.1, 0.15) is 16.7 Å². The zero-order valence-corrected chi connectivity index (χ0v) is 14.7. The number of hydrogen-bond acceptors (Lipinski definition) is 2. The molecule has 0 fully saturated rings. The number of aryl methyl sites for hydroxylation is 1. The topological polar surface area (TPSA) is 46.9 Å². The lowest BCUT2D eigenvalue weighted by molar-refractivity contribution is -0.115. The molecule has 0 saturated heterocycles. The van der Waals surface area contributed by atoms with Crippen molar-refractivity contribution in [1.29, 1.82) is 0 Å². The highest BCUT2D eigenvalue weighted by Crippen LogP contribution is 2.19. The van der Waals surface area contributed by atoms with Crippen molar-refractivity contribution in [3.63, 3.8) is 0 Å². The number of carbonyl (C=O) groups is 1. The predicted octanol–water partition coefficient (Wildman–Crippen LogP) is 4.35. The maximum Gasteiger partial charge on any atom is 0.230 e. The van der Waals surface area contributed by atoms with Gasteiger partial charge in [-0.2, -0.15) is 5.10 Å². The Morgan fingerprint density at radius 3 is 2.77 bits per heavy atom. The van der Waals surface area contributed by atoms with Gasteiger partial charge in [0.25, 0.3) is 0 Å². The summed E-state index contributed by atoms with van der Waals surface area (Å²) in [5.74, 6) is -1.93. The number of amides is 1. The summed E-state index contributed by atoms with van der Waals surface area (Å²) in [5.41, 5.74) is 1.69. The summed E-state index contributed by atoms with van der Waals surface area (Å²) in [6, 6.07) is 11.1. The minimum absolute atomic E-state index is 0.000981. The lowest BCUT2D eigenvalue weighted by Gasteiger charge is -2.11. The molecule has 134 valence electrons. The van der Waals surface area contributed by atoms with Gasteiger partial charge in [0.2, 0.25) is 5.91 Å². The van der Waals surface area contributed by atoms with Gasteiger partial charge < -0.3 is 5.32 Å². The monoisotopic (exact) mass is 375 g/mol. The summed E-state index contributed by atoms with van der Waals surface area (Å²) in [6.45, 7) is 2.22. The summed E-state index contributed by atoms with van der Waals surface area (Å²) < 4.78 is 28.6. The second kappa shape index (κ2) is 7.66. The molecule has 0 aliphatic rings. The number of benzene rings is 2. The zero-order chi connectivity index (χ0) is 18.7. The van der Waals surface area contributed by atoms with Crippen LogP contribution < -0.4 is 5.32 Å². The maximum atomic E-state index is 13.7. The average molecular weight is 376 g/mol. The van der Waals surface area contributed by atoms with Crippen molar-refractivity contribution in [3.05, 3.63) is 82.0 Å². The van der Waals surface area contributed by atoms with E-state index in [-0.39, 0.29) is 12.0 Å². The lowest BCUT2D eigenvalue weighted by atomic mass is 10.1. The molecule has 2 aromatic carbocycles. The first-order chi connectivity index (χ1) is 12.4. The van der Waals surface area contributed by atoms with Crippen LogP contribution in [-0.2, 0) is 17.8 Å². The van der Waals surface area contributed by atoms with Gasteiger partial charge in [-0.3, -0.25) is 4.79 Å². The third kappa shape index (κ3) is 4.08. The minimum Gasteiger partial charge on any atom is -0.310 e. The molecule has 7 heteroatoms. The molecule has 0 saturated carbocycles. The van der Waals surface area contributed by atoms with Crippen molar-refractivity contribution in [2.75, 3.05) is 5.32 Å². The van der Waals surface area contributed by atoms with E-state index in [2.05, 4.69) is 10.4 Å². The Labute approximate surface area is 154 Å². The molecular formula is C19H16ClF2N3O. The molecular weight excluding hydrogens is 360 g/mol. The van der Waals surface area contributed by atoms with E-state index in [1.807, 2.05) is 18.2 Å². The first kappa shape index (κ1) is 18.1. The molecule has 0 spiro atoms. The molecule has 0 bridgehead atoms. The van der Waals surface area contributed by atoms with Crippen LogP contribution in [0.4, 0.5) is 14.6 Å². The summed E-state index contributed by atoms with van der Waals surface area (Å²) >= 11 is 5.99. The molecule has 0 atom stereocenters. The van der Waals surface area contributed by atoms with Crippen molar-refractivity contribution >= 4 is 23.3 Å². The number of rotatable bonds is 5. The van der Waals surface area contributed by atoms with Crippen LogP contribution in [0.2, 0.25) is 5.02 Å². The van der Waals surface area contributed by atoms with Gasteiger partial charge in [-0.1, -0.05) is 35.9 Å². The Hall–Kier alpha value is -2.73. The number of nitrogens with one attached hydrogen (secondary N) is 1. The Bertz CT molecular complexity index is 956. The van der Waals surface area contributed by atoms with E-state index < -0.39 is 17.5 Å². The Morgan fingerprint density at radius 1 is 1.23 bits per heavy atom. The molecule has 0 aliphatic carbocycles. The van der Waals surface area contributed by atoms with E-state index in [1.54, 1.807) is 23.9 Å². The maximum absolute atomic E-state index is 13.7. The van der Waals surface area contributed by atoms with E-state index in [4.69, 9.17) is 11.6 Å². The molecule has 0 radical (unpaired) electrons. The van der Waals surface area contributed by atoms with E-state index in [0.29, 0.717) is 17.4 Å². The van der Waals surface area contributed by atoms with Crippen LogP contribution >= 0.6 is 11.6 Å². The molecule has 1 amide bonds. The van der Waals surface area contributed by atoms with Gasteiger partial charge in [-0.15, -0.1) is 0 Å². The fourth-order valence-electron chi connectivity index (χ4n) is 2.60. The third-order valence-corrected chi connectivity index (χ3v) is 4.12. The van der Waals surface area contributed by atoms with Crippen LogP contribution in [0.5, 0.6) is 0 Å². The van der Waals surface area contributed by atoms with E-state index in [0.717, 1.165) is 17.2 Å². The molecule has 1 heterocycles. The fourth-order valence-corrected chi connectivity index (χ4v) is 2.82. The highest BCUT2D eigenvalue weighted by atomic mass is 35.5. The van der Waals surface area contributed by atoms with Gasteiger partial charge in [-0.25, -0.2) is 13.5 Å². The summed E-state index contributed by atoms with van der Waals surface area (Å²) in [5, 5.41) is 7.60. The Balaban J connectivity index is 1.76. The number of carbonyl (C=O) groups excluding carboxylic acids is 1. The molecule has 4 nitrogen and oxygen atoms in total. The molecule has 3 rings (SSSR count). The summed E-state index contributed by atoms with van der Waals surface area (Å²) in [4.78, 5) is 12.3. The predicted molar refractivity (Wildman–Crippen MR) is 96.2 cm³/mol. The number of hydrogen-bond donors (Lipinski definition) is 1. The van der Waals surface area contributed by atoms with Crippen molar-refractivity contribution in [2.45, 2.75) is 19.9 Å². The quantitative estimate of drug-likeness (QED) is 0.720. The van der Waals surface area contributed by atoms with Crippen molar-refractivity contribution in [2.24, 2.45) is 0 Å². The van der Waals surface area contributed by atoms with Gasteiger partial charge in [-0.05, 0) is 30.7 Å². The normalized spacial score (nSPS) is 10.8. The zero-order valence-electron chi connectivity index (χ0n) is 14.0.